The predicted molar refractivity (Wildman–Crippen MR) is 107 cm³/mol. The molecular formula is C20H28N4O3. The zero-order valence-corrected chi connectivity index (χ0v) is 16.0. The standard InChI is InChI=1S/C20H28N4O3/c1-16(25)24-18-8-6-17(7-9-18)10-12-23-20(21-2)22-11-4-13-26-15-19-5-3-14-27-19/h3,5-9,14H,4,10-13,15H2,1-2H3,(H,24,25)(H2,21,22,23). The Labute approximate surface area is 160 Å². The van der Waals surface area contributed by atoms with E-state index in [2.05, 4.69) is 20.9 Å². The van der Waals surface area contributed by atoms with Gasteiger partial charge in [0.1, 0.15) is 12.4 Å². The molecule has 0 aliphatic heterocycles. The summed E-state index contributed by atoms with van der Waals surface area (Å²) < 4.78 is 10.8. The average molecular weight is 372 g/mol. The summed E-state index contributed by atoms with van der Waals surface area (Å²) in [6.07, 6.45) is 3.40. The topological polar surface area (TPSA) is 87.9 Å². The Kier molecular flexibility index (Phi) is 8.92. The van der Waals surface area contributed by atoms with E-state index in [1.54, 1.807) is 13.3 Å². The van der Waals surface area contributed by atoms with E-state index in [9.17, 15) is 4.79 Å². The van der Waals surface area contributed by atoms with Crippen molar-refractivity contribution in [2.45, 2.75) is 26.4 Å². The maximum absolute atomic E-state index is 11.0. The second kappa shape index (κ2) is 11.7. The number of hydrogen-bond donors (Lipinski definition) is 3. The van der Waals surface area contributed by atoms with Gasteiger partial charge >= 0.3 is 0 Å². The molecule has 27 heavy (non-hydrogen) atoms. The number of aliphatic imine (C=N–C) groups is 1. The summed E-state index contributed by atoms with van der Waals surface area (Å²) in [7, 11) is 1.75. The molecule has 1 amide bonds. The molecule has 0 unspecified atom stereocenters. The molecule has 0 radical (unpaired) electrons. The Morgan fingerprint density at radius 1 is 1.15 bits per heavy atom. The lowest BCUT2D eigenvalue weighted by Crippen LogP contribution is -2.39. The monoisotopic (exact) mass is 372 g/mol. The highest BCUT2D eigenvalue weighted by atomic mass is 16.5. The van der Waals surface area contributed by atoms with E-state index < -0.39 is 0 Å². The van der Waals surface area contributed by atoms with Gasteiger partial charge in [-0.1, -0.05) is 12.1 Å². The number of ether oxygens (including phenoxy) is 1. The fourth-order valence-corrected chi connectivity index (χ4v) is 2.45. The molecule has 1 aromatic carbocycles. The Bertz CT molecular complexity index is 697. The van der Waals surface area contributed by atoms with Crippen LogP contribution in [0.4, 0.5) is 5.69 Å². The molecule has 1 aromatic heterocycles. The van der Waals surface area contributed by atoms with Crippen molar-refractivity contribution in [3.05, 3.63) is 54.0 Å². The van der Waals surface area contributed by atoms with Gasteiger partial charge in [0.25, 0.3) is 0 Å². The Morgan fingerprint density at radius 3 is 2.59 bits per heavy atom. The molecule has 1 heterocycles. The molecule has 0 aliphatic carbocycles. The smallest absolute Gasteiger partial charge is 0.221 e. The van der Waals surface area contributed by atoms with E-state index in [1.165, 1.54) is 12.5 Å². The van der Waals surface area contributed by atoms with Gasteiger partial charge in [-0.2, -0.15) is 0 Å². The van der Waals surface area contributed by atoms with Crippen LogP contribution >= 0.6 is 0 Å². The molecular weight excluding hydrogens is 344 g/mol. The lowest BCUT2D eigenvalue weighted by atomic mass is 10.1. The van der Waals surface area contributed by atoms with E-state index >= 15 is 0 Å². The van der Waals surface area contributed by atoms with Gasteiger partial charge in [-0.05, 0) is 42.7 Å². The van der Waals surface area contributed by atoms with Gasteiger partial charge < -0.3 is 25.1 Å². The van der Waals surface area contributed by atoms with Crippen LogP contribution in [0, 0.1) is 0 Å². The Hall–Kier alpha value is -2.80. The van der Waals surface area contributed by atoms with Crippen LogP contribution in [0.2, 0.25) is 0 Å². The molecule has 7 heteroatoms. The summed E-state index contributed by atoms with van der Waals surface area (Å²) >= 11 is 0. The van der Waals surface area contributed by atoms with Crippen molar-refractivity contribution in [3.8, 4) is 0 Å². The summed E-state index contributed by atoms with van der Waals surface area (Å²) in [6.45, 7) is 4.21. The maximum Gasteiger partial charge on any atom is 0.221 e. The SMILES string of the molecule is CN=C(NCCCOCc1ccco1)NCCc1ccc(NC(C)=O)cc1. The van der Waals surface area contributed by atoms with Gasteiger partial charge in [0.15, 0.2) is 5.96 Å². The first-order valence-corrected chi connectivity index (χ1v) is 9.08. The van der Waals surface area contributed by atoms with Gasteiger partial charge in [0.2, 0.25) is 5.91 Å². The minimum absolute atomic E-state index is 0.0642. The minimum atomic E-state index is -0.0642. The number of anilines is 1. The largest absolute Gasteiger partial charge is 0.467 e. The van der Waals surface area contributed by atoms with Gasteiger partial charge in [0, 0.05) is 39.4 Å². The number of nitrogens with zero attached hydrogens (tertiary/aromatic N) is 1. The molecule has 0 bridgehead atoms. The molecule has 0 aliphatic rings. The van der Waals surface area contributed by atoms with Crippen molar-refractivity contribution in [1.82, 2.24) is 10.6 Å². The first-order valence-electron chi connectivity index (χ1n) is 9.08. The molecule has 0 atom stereocenters. The Morgan fingerprint density at radius 2 is 1.93 bits per heavy atom. The zero-order valence-electron chi connectivity index (χ0n) is 16.0. The highest BCUT2D eigenvalue weighted by Crippen LogP contribution is 2.09. The van der Waals surface area contributed by atoms with Crippen molar-refractivity contribution in [2.75, 3.05) is 32.1 Å². The van der Waals surface area contributed by atoms with Crippen molar-refractivity contribution < 1.29 is 13.9 Å². The molecule has 2 rings (SSSR count). The molecule has 7 nitrogen and oxygen atoms in total. The molecule has 0 saturated carbocycles. The average Bonchev–Trinajstić information content (AvgIpc) is 3.17. The van der Waals surface area contributed by atoms with Crippen molar-refractivity contribution >= 4 is 17.6 Å². The second-order valence-electron chi connectivity index (χ2n) is 6.04. The van der Waals surface area contributed by atoms with E-state index in [-0.39, 0.29) is 5.91 Å². The molecule has 0 spiro atoms. The predicted octanol–water partition coefficient (Wildman–Crippen LogP) is 2.55. The lowest BCUT2D eigenvalue weighted by molar-refractivity contribution is -0.114. The number of carbonyl (C=O) groups excluding carboxylic acids is 1. The zero-order chi connectivity index (χ0) is 19.3. The van der Waals surface area contributed by atoms with Gasteiger partial charge in [-0.25, -0.2) is 0 Å². The van der Waals surface area contributed by atoms with Gasteiger partial charge in [-0.15, -0.1) is 0 Å². The number of benzene rings is 1. The lowest BCUT2D eigenvalue weighted by Gasteiger charge is -2.12. The van der Waals surface area contributed by atoms with Crippen molar-refractivity contribution in [3.63, 3.8) is 0 Å². The molecule has 2 aromatic rings. The quantitative estimate of drug-likeness (QED) is 0.339. The number of hydrogen-bond acceptors (Lipinski definition) is 4. The fraction of sp³-hybridized carbons (Fsp3) is 0.400. The van der Waals surface area contributed by atoms with Crippen LogP contribution < -0.4 is 16.0 Å². The summed E-state index contributed by atoms with van der Waals surface area (Å²) in [5, 5.41) is 9.32. The maximum atomic E-state index is 11.0. The van der Waals surface area contributed by atoms with Crippen molar-refractivity contribution in [2.24, 2.45) is 4.99 Å². The summed E-state index contributed by atoms with van der Waals surface area (Å²) in [6, 6.07) is 11.6. The number of guanidine groups is 1. The first-order chi connectivity index (χ1) is 13.2. The van der Waals surface area contributed by atoms with Crippen molar-refractivity contribution in [1.29, 1.82) is 0 Å². The van der Waals surface area contributed by atoms with E-state index in [4.69, 9.17) is 9.15 Å². The highest BCUT2D eigenvalue weighted by Gasteiger charge is 2.00. The van der Waals surface area contributed by atoms with Crippen LogP contribution in [0.25, 0.3) is 0 Å². The van der Waals surface area contributed by atoms with Crippen LogP contribution in [-0.4, -0.2) is 38.6 Å². The number of furan rings is 1. The molecule has 146 valence electrons. The van der Waals surface area contributed by atoms with Crippen LogP contribution in [0.5, 0.6) is 0 Å². The van der Waals surface area contributed by atoms with Crippen LogP contribution in [0.3, 0.4) is 0 Å². The van der Waals surface area contributed by atoms with Crippen LogP contribution in [-0.2, 0) is 22.6 Å². The summed E-state index contributed by atoms with van der Waals surface area (Å²) in [5.41, 5.74) is 2.00. The summed E-state index contributed by atoms with van der Waals surface area (Å²) in [5.74, 6) is 1.55. The molecule has 0 fully saturated rings. The third-order valence-corrected chi connectivity index (χ3v) is 3.79. The molecule has 3 N–H and O–H groups in total. The number of rotatable bonds is 10. The van der Waals surface area contributed by atoms with Gasteiger partial charge in [0.05, 0.1) is 6.26 Å². The van der Waals surface area contributed by atoms with Crippen LogP contribution in [0.1, 0.15) is 24.7 Å². The highest BCUT2D eigenvalue weighted by molar-refractivity contribution is 5.88. The summed E-state index contributed by atoms with van der Waals surface area (Å²) in [4.78, 5) is 15.2. The number of nitrogens with one attached hydrogen (secondary N) is 3. The fourth-order valence-electron chi connectivity index (χ4n) is 2.45. The van der Waals surface area contributed by atoms with E-state index in [1.807, 2.05) is 36.4 Å². The third kappa shape index (κ3) is 8.42. The van der Waals surface area contributed by atoms with E-state index in [0.717, 1.165) is 43.3 Å². The van der Waals surface area contributed by atoms with E-state index in [0.29, 0.717) is 13.2 Å². The number of carbonyl (C=O) groups is 1. The van der Waals surface area contributed by atoms with Crippen LogP contribution in [0.15, 0.2) is 52.1 Å². The minimum Gasteiger partial charge on any atom is -0.467 e. The second-order valence-corrected chi connectivity index (χ2v) is 6.04. The first kappa shape index (κ1) is 20.5. The third-order valence-electron chi connectivity index (χ3n) is 3.79. The normalized spacial score (nSPS) is 11.3. The number of amides is 1. The van der Waals surface area contributed by atoms with Gasteiger partial charge in [-0.3, -0.25) is 9.79 Å². The Balaban J connectivity index is 1.56. The molecule has 0 saturated heterocycles.